The van der Waals surface area contributed by atoms with Crippen LogP contribution in [0.5, 0.6) is 0 Å². The maximum Gasteiger partial charge on any atom is 0.250 e. The highest BCUT2D eigenvalue weighted by Gasteiger charge is 2.40. The van der Waals surface area contributed by atoms with Crippen LogP contribution in [0.4, 0.5) is 0 Å². The predicted molar refractivity (Wildman–Crippen MR) is 145 cm³/mol. The van der Waals surface area contributed by atoms with Gasteiger partial charge in [0.1, 0.15) is 0 Å². The number of aryl methyl sites for hydroxylation is 1. The molecule has 7 heteroatoms. The molecule has 0 spiro atoms. The van der Waals surface area contributed by atoms with Crippen molar-refractivity contribution in [1.29, 1.82) is 0 Å². The first-order chi connectivity index (χ1) is 17.9. The SMILES string of the molecule is CC(=O)NCCc1cc(CN(C(=O)[C@H]2CNCCC2c2ccn(C)c(=O)c2)C2CC2)c2ccccc2c1. The number of amides is 2. The number of hydrogen-bond acceptors (Lipinski definition) is 4. The Labute approximate surface area is 217 Å². The minimum Gasteiger partial charge on any atom is -0.356 e. The number of pyridine rings is 1. The molecule has 2 heterocycles. The molecular weight excluding hydrogens is 464 g/mol. The van der Waals surface area contributed by atoms with Crippen molar-refractivity contribution in [3.8, 4) is 0 Å². The highest BCUT2D eigenvalue weighted by Crippen LogP contribution is 2.36. The Kier molecular flexibility index (Phi) is 7.42. The normalized spacial score (nSPS) is 19.5. The standard InChI is InChI=1S/C30H36N4O3/c1-20(35)32-13-9-21-15-22-5-3-4-6-26(22)24(16-21)19-34(25-7-8-25)30(37)28-18-31-12-10-27(28)23-11-14-33(2)29(36)17-23/h3-6,11,14-17,25,27-28,31H,7-10,12-13,18-19H2,1-2H3,(H,32,35)/t27?,28-/m0/s1. The molecule has 37 heavy (non-hydrogen) atoms. The van der Waals surface area contributed by atoms with E-state index < -0.39 is 0 Å². The molecule has 194 valence electrons. The first kappa shape index (κ1) is 25.2. The molecular formula is C30H36N4O3. The number of nitrogens with zero attached hydrogens (tertiary/aromatic N) is 2. The predicted octanol–water partition coefficient (Wildman–Crippen LogP) is 3.10. The van der Waals surface area contributed by atoms with Crippen molar-refractivity contribution in [1.82, 2.24) is 20.1 Å². The zero-order chi connectivity index (χ0) is 25.9. The van der Waals surface area contributed by atoms with Crippen LogP contribution >= 0.6 is 0 Å². The van der Waals surface area contributed by atoms with Gasteiger partial charge in [-0.3, -0.25) is 14.4 Å². The van der Waals surface area contributed by atoms with Gasteiger partial charge in [0.2, 0.25) is 11.8 Å². The van der Waals surface area contributed by atoms with Gasteiger partial charge < -0.3 is 20.1 Å². The molecule has 1 saturated carbocycles. The maximum absolute atomic E-state index is 14.1. The van der Waals surface area contributed by atoms with E-state index in [1.54, 1.807) is 23.9 Å². The van der Waals surface area contributed by atoms with Crippen LogP contribution in [0.25, 0.3) is 10.8 Å². The molecule has 1 aliphatic carbocycles. The second-order valence-corrected chi connectivity index (χ2v) is 10.5. The topological polar surface area (TPSA) is 83.4 Å². The van der Waals surface area contributed by atoms with E-state index in [4.69, 9.17) is 0 Å². The number of carbonyl (C=O) groups excluding carboxylic acids is 2. The van der Waals surface area contributed by atoms with E-state index in [1.165, 1.54) is 6.92 Å². The summed E-state index contributed by atoms with van der Waals surface area (Å²) < 4.78 is 1.57. The molecule has 5 rings (SSSR count). The summed E-state index contributed by atoms with van der Waals surface area (Å²) in [5, 5.41) is 8.62. The number of rotatable bonds is 8. The van der Waals surface area contributed by atoms with Crippen molar-refractivity contribution in [2.24, 2.45) is 13.0 Å². The highest BCUT2D eigenvalue weighted by atomic mass is 16.2. The molecule has 2 aliphatic rings. The van der Waals surface area contributed by atoms with Gasteiger partial charge in [0.25, 0.3) is 5.56 Å². The maximum atomic E-state index is 14.1. The van der Waals surface area contributed by atoms with Crippen LogP contribution in [0.1, 0.15) is 48.8 Å². The summed E-state index contributed by atoms with van der Waals surface area (Å²) in [6.07, 6.45) is 5.44. The van der Waals surface area contributed by atoms with Crippen LogP contribution < -0.4 is 16.2 Å². The minimum absolute atomic E-state index is 0.0292. The van der Waals surface area contributed by atoms with Gasteiger partial charge in [-0.05, 0) is 71.7 Å². The summed E-state index contributed by atoms with van der Waals surface area (Å²) in [7, 11) is 1.75. The van der Waals surface area contributed by atoms with Crippen molar-refractivity contribution in [2.75, 3.05) is 19.6 Å². The molecule has 1 unspecified atom stereocenters. The fourth-order valence-corrected chi connectivity index (χ4v) is 5.60. The Morgan fingerprint density at radius 3 is 2.68 bits per heavy atom. The average molecular weight is 501 g/mol. The van der Waals surface area contributed by atoms with Crippen LogP contribution in [0.3, 0.4) is 0 Å². The number of aromatic nitrogens is 1. The third-order valence-corrected chi connectivity index (χ3v) is 7.76. The Hall–Kier alpha value is -3.45. The summed E-state index contributed by atoms with van der Waals surface area (Å²) >= 11 is 0. The molecule has 1 aromatic heterocycles. The van der Waals surface area contributed by atoms with Gasteiger partial charge >= 0.3 is 0 Å². The van der Waals surface area contributed by atoms with Crippen LogP contribution in [0.15, 0.2) is 59.5 Å². The molecule has 2 aromatic carbocycles. The van der Waals surface area contributed by atoms with E-state index in [2.05, 4.69) is 39.8 Å². The summed E-state index contributed by atoms with van der Waals surface area (Å²) in [6, 6.07) is 16.7. The summed E-state index contributed by atoms with van der Waals surface area (Å²) in [5.41, 5.74) is 3.22. The number of fused-ring (bicyclic) bond motifs is 1. The van der Waals surface area contributed by atoms with Crippen molar-refractivity contribution < 1.29 is 9.59 Å². The van der Waals surface area contributed by atoms with E-state index in [-0.39, 0.29) is 35.3 Å². The number of hydrogen-bond donors (Lipinski definition) is 2. The third-order valence-electron chi connectivity index (χ3n) is 7.76. The van der Waals surface area contributed by atoms with Gasteiger partial charge in [0.05, 0.1) is 5.92 Å². The number of piperidine rings is 1. The zero-order valence-corrected chi connectivity index (χ0v) is 21.7. The molecule has 0 radical (unpaired) electrons. The summed E-state index contributed by atoms with van der Waals surface area (Å²) in [4.78, 5) is 39.9. The quantitative estimate of drug-likeness (QED) is 0.498. The van der Waals surface area contributed by atoms with Gasteiger partial charge in [0, 0.05) is 51.9 Å². The Morgan fingerprint density at radius 1 is 1.11 bits per heavy atom. The lowest BCUT2D eigenvalue weighted by Crippen LogP contribution is -2.47. The Bertz CT molecular complexity index is 1360. The fraction of sp³-hybridized carbons (Fsp3) is 0.433. The van der Waals surface area contributed by atoms with Crippen molar-refractivity contribution in [3.05, 3.63) is 81.8 Å². The molecule has 2 fully saturated rings. The van der Waals surface area contributed by atoms with Gasteiger partial charge in [-0.1, -0.05) is 36.4 Å². The number of nitrogens with one attached hydrogen (secondary N) is 2. The second-order valence-electron chi connectivity index (χ2n) is 10.5. The van der Waals surface area contributed by atoms with E-state index in [9.17, 15) is 14.4 Å². The molecule has 1 aliphatic heterocycles. The first-order valence-electron chi connectivity index (χ1n) is 13.3. The number of carbonyl (C=O) groups is 2. The number of benzene rings is 2. The van der Waals surface area contributed by atoms with Gasteiger partial charge in [-0.15, -0.1) is 0 Å². The molecule has 2 N–H and O–H groups in total. The largest absolute Gasteiger partial charge is 0.356 e. The molecule has 0 bridgehead atoms. The smallest absolute Gasteiger partial charge is 0.250 e. The van der Waals surface area contributed by atoms with Gasteiger partial charge in [-0.2, -0.15) is 0 Å². The van der Waals surface area contributed by atoms with Crippen molar-refractivity contribution >= 4 is 22.6 Å². The van der Waals surface area contributed by atoms with E-state index in [0.717, 1.165) is 59.7 Å². The fourth-order valence-electron chi connectivity index (χ4n) is 5.60. The zero-order valence-electron chi connectivity index (χ0n) is 21.7. The molecule has 7 nitrogen and oxygen atoms in total. The lowest BCUT2D eigenvalue weighted by Gasteiger charge is -2.36. The van der Waals surface area contributed by atoms with E-state index >= 15 is 0 Å². The lowest BCUT2D eigenvalue weighted by atomic mass is 9.80. The van der Waals surface area contributed by atoms with Crippen molar-refractivity contribution in [2.45, 2.75) is 51.1 Å². The molecule has 3 aromatic rings. The monoisotopic (exact) mass is 500 g/mol. The van der Waals surface area contributed by atoms with E-state index in [1.807, 2.05) is 18.2 Å². The minimum atomic E-state index is -0.198. The van der Waals surface area contributed by atoms with Crippen LogP contribution in [0, 0.1) is 5.92 Å². The van der Waals surface area contributed by atoms with E-state index in [0.29, 0.717) is 19.6 Å². The Balaban J connectivity index is 1.43. The third kappa shape index (κ3) is 5.77. The molecule has 2 amide bonds. The van der Waals surface area contributed by atoms with Crippen LogP contribution in [-0.4, -0.2) is 47.0 Å². The Morgan fingerprint density at radius 2 is 1.92 bits per heavy atom. The highest BCUT2D eigenvalue weighted by molar-refractivity contribution is 5.87. The van der Waals surface area contributed by atoms with Crippen LogP contribution in [-0.2, 0) is 29.6 Å². The summed E-state index contributed by atoms with van der Waals surface area (Å²) in [5.74, 6) is -0.0214. The van der Waals surface area contributed by atoms with Crippen LogP contribution in [0.2, 0.25) is 0 Å². The van der Waals surface area contributed by atoms with Gasteiger partial charge in [0.15, 0.2) is 0 Å². The molecule has 2 atom stereocenters. The molecule has 1 saturated heterocycles. The van der Waals surface area contributed by atoms with Gasteiger partial charge in [-0.25, -0.2) is 0 Å². The second kappa shape index (κ2) is 10.9. The first-order valence-corrected chi connectivity index (χ1v) is 13.3. The van der Waals surface area contributed by atoms with Crippen molar-refractivity contribution in [3.63, 3.8) is 0 Å². The lowest BCUT2D eigenvalue weighted by molar-refractivity contribution is -0.138. The summed E-state index contributed by atoms with van der Waals surface area (Å²) in [6.45, 7) is 4.15. The average Bonchev–Trinajstić information content (AvgIpc) is 3.73.